The standard InChI is InChI=1S/C22H20ClN3O2S/c1-27-11-19(15-4-3-5-16(23)10-15)26-21-20-18(12-29-22(20)25-13-24-21)14-6-8-17(28-2)9-7-14/h3-10,12-13,19H,11H2,1-2H3,(H,24,25,26). The first-order chi connectivity index (χ1) is 14.2. The molecular formula is C22H20ClN3O2S. The molecule has 0 saturated heterocycles. The lowest BCUT2D eigenvalue weighted by atomic mass is 10.0. The van der Waals surface area contributed by atoms with E-state index in [0.717, 1.165) is 38.5 Å². The van der Waals surface area contributed by atoms with Gasteiger partial charge in [-0.25, -0.2) is 9.97 Å². The van der Waals surface area contributed by atoms with E-state index >= 15 is 0 Å². The van der Waals surface area contributed by atoms with Crippen molar-refractivity contribution >= 4 is 39.0 Å². The highest BCUT2D eigenvalue weighted by Gasteiger charge is 2.18. The van der Waals surface area contributed by atoms with E-state index in [2.05, 4.69) is 20.7 Å². The Kier molecular flexibility index (Phi) is 5.94. The quantitative estimate of drug-likeness (QED) is 0.404. The van der Waals surface area contributed by atoms with Gasteiger partial charge in [-0.2, -0.15) is 0 Å². The van der Waals surface area contributed by atoms with Crippen molar-refractivity contribution in [2.45, 2.75) is 6.04 Å². The van der Waals surface area contributed by atoms with E-state index in [0.29, 0.717) is 11.6 Å². The average molecular weight is 426 g/mol. The lowest BCUT2D eigenvalue weighted by Gasteiger charge is -2.20. The van der Waals surface area contributed by atoms with Crippen LogP contribution < -0.4 is 10.1 Å². The fourth-order valence-electron chi connectivity index (χ4n) is 3.24. The molecule has 148 valence electrons. The van der Waals surface area contributed by atoms with Gasteiger partial charge in [0.2, 0.25) is 0 Å². The Labute approximate surface area is 178 Å². The van der Waals surface area contributed by atoms with Crippen LogP contribution in [0.5, 0.6) is 5.75 Å². The second kappa shape index (κ2) is 8.78. The van der Waals surface area contributed by atoms with Crippen LogP contribution >= 0.6 is 22.9 Å². The molecule has 1 unspecified atom stereocenters. The van der Waals surface area contributed by atoms with Gasteiger partial charge in [-0.15, -0.1) is 11.3 Å². The predicted octanol–water partition coefficient (Wildman–Crippen LogP) is 5.82. The number of ether oxygens (including phenoxy) is 2. The molecule has 5 nitrogen and oxygen atoms in total. The minimum Gasteiger partial charge on any atom is -0.497 e. The summed E-state index contributed by atoms with van der Waals surface area (Å²) in [5, 5.41) is 7.32. The van der Waals surface area contributed by atoms with Gasteiger partial charge in [0.25, 0.3) is 0 Å². The molecule has 4 rings (SSSR count). The zero-order valence-corrected chi connectivity index (χ0v) is 17.6. The molecule has 2 aromatic heterocycles. The van der Waals surface area contributed by atoms with Gasteiger partial charge in [0, 0.05) is 23.1 Å². The molecule has 0 aliphatic rings. The monoisotopic (exact) mass is 425 g/mol. The lowest BCUT2D eigenvalue weighted by molar-refractivity contribution is 0.186. The summed E-state index contributed by atoms with van der Waals surface area (Å²) in [6, 6.07) is 15.7. The molecule has 0 aliphatic carbocycles. The van der Waals surface area contributed by atoms with E-state index in [1.807, 2.05) is 48.5 Å². The van der Waals surface area contributed by atoms with Crippen molar-refractivity contribution < 1.29 is 9.47 Å². The number of fused-ring (bicyclic) bond motifs is 1. The second-order valence-electron chi connectivity index (χ2n) is 6.49. The smallest absolute Gasteiger partial charge is 0.139 e. The van der Waals surface area contributed by atoms with Gasteiger partial charge in [0.05, 0.1) is 25.1 Å². The van der Waals surface area contributed by atoms with Crippen molar-refractivity contribution in [3.8, 4) is 16.9 Å². The Morgan fingerprint density at radius 1 is 1.10 bits per heavy atom. The highest BCUT2D eigenvalue weighted by Crippen LogP contribution is 2.38. The Bertz CT molecular complexity index is 1110. The first-order valence-electron chi connectivity index (χ1n) is 9.07. The van der Waals surface area contributed by atoms with Crippen molar-refractivity contribution in [3.63, 3.8) is 0 Å². The van der Waals surface area contributed by atoms with E-state index in [1.54, 1.807) is 31.9 Å². The van der Waals surface area contributed by atoms with Gasteiger partial charge in [0.15, 0.2) is 0 Å². The minimum absolute atomic E-state index is 0.0968. The van der Waals surface area contributed by atoms with E-state index in [-0.39, 0.29) is 6.04 Å². The van der Waals surface area contributed by atoms with Gasteiger partial charge in [-0.05, 0) is 35.4 Å². The Balaban J connectivity index is 1.75. The Hall–Kier alpha value is -2.67. The summed E-state index contributed by atoms with van der Waals surface area (Å²) in [5.41, 5.74) is 3.20. The number of anilines is 1. The molecule has 4 aromatic rings. The van der Waals surface area contributed by atoms with Crippen LogP contribution in [0.2, 0.25) is 5.02 Å². The van der Waals surface area contributed by atoms with E-state index < -0.39 is 0 Å². The maximum Gasteiger partial charge on any atom is 0.139 e. The average Bonchev–Trinajstić information content (AvgIpc) is 3.19. The second-order valence-corrected chi connectivity index (χ2v) is 7.78. The van der Waals surface area contributed by atoms with Gasteiger partial charge < -0.3 is 14.8 Å². The Morgan fingerprint density at radius 2 is 1.93 bits per heavy atom. The summed E-state index contributed by atoms with van der Waals surface area (Å²) in [4.78, 5) is 9.92. The van der Waals surface area contributed by atoms with Crippen LogP contribution in [0.15, 0.2) is 60.2 Å². The fraction of sp³-hybridized carbons (Fsp3) is 0.182. The number of nitrogens with zero attached hydrogens (tertiary/aromatic N) is 2. The number of halogens is 1. The van der Waals surface area contributed by atoms with Crippen LogP contribution in [0.1, 0.15) is 11.6 Å². The Morgan fingerprint density at radius 3 is 2.66 bits per heavy atom. The number of thiophene rings is 1. The van der Waals surface area contributed by atoms with Crippen molar-refractivity contribution in [3.05, 3.63) is 70.8 Å². The van der Waals surface area contributed by atoms with Crippen LogP contribution in [0, 0.1) is 0 Å². The van der Waals surface area contributed by atoms with Gasteiger partial charge in [0.1, 0.15) is 22.7 Å². The largest absolute Gasteiger partial charge is 0.497 e. The highest BCUT2D eigenvalue weighted by molar-refractivity contribution is 7.17. The van der Waals surface area contributed by atoms with Gasteiger partial charge in [-0.3, -0.25) is 0 Å². The molecule has 0 bridgehead atoms. The predicted molar refractivity (Wildman–Crippen MR) is 119 cm³/mol. The number of rotatable bonds is 7. The molecule has 0 fully saturated rings. The summed E-state index contributed by atoms with van der Waals surface area (Å²) in [6.45, 7) is 0.480. The molecule has 0 spiro atoms. The lowest BCUT2D eigenvalue weighted by Crippen LogP contribution is -2.17. The van der Waals surface area contributed by atoms with E-state index in [4.69, 9.17) is 21.1 Å². The molecule has 0 radical (unpaired) electrons. The first-order valence-corrected chi connectivity index (χ1v) is 10.3. The molecule has 1 N–H and O–H groups in total. The molecule has 0 saturated carbocycles. The maximum atomic E-state index is 6.20. The number of benzene rings is 2. The number of hydrogen-bond acceptors (Lipinski definition) is 6. The van der Waals surface area contributed by atoms with Crippen molar-refractivity contribution in [2.75, 3.05) is 26.1 Å². The molecule has 29 heavy (non-hydrogen) atoms. The SMILES string of the molecule is COCC(Nc1ncnc2scc(-c3ccc(OC)cc3)c12)c1cccc(Cl)c1. The molecule has 7 heteroatoms. The van der Waals surface area contributed by atoms with E-state index in [1.165, 1.54) is 0 Å². The fourth-order valence-corrected chi connectivity index (χ4v) is 4.36. The third-order valence-electron chi connectivity index (χ3n) is 4.67. The van der Waals surface area contributed by atoms with Gasteiger partial charge >= 0.3 is 0 Å². The molecule has 1 atom stereocenters. The molecular weight excluding hydrogens is 406 g/mol. The molecule has 2 heterocycles. The summed E-state index contributed by atoms with van der Waals surface area (Å²) < 4.78 is 10.7. The van der Waals surface area contributed by atoms with Crippen LogP contribution in [0.3, 0.4) is 0 Å². The first kappa shape index (κ1) is 19.6. The summed E-state index contributed by atoms with van der Waals surface area (Å²) >= 11 is 7.79. The van der Waals surface area contributed by atoms with Crippen molar-refractivity contribution in [1.29, 1.82) is 0 Å². The van der Waals surface area contributed by atoms with Crippen molar-refractivity contribution in [1.82, 2.24) is 9.97 Å². The third kappa shape index (κ3) is 4.19. The third-order valence-corrected chi connectivity index (χ3v) is 5.79. The normalized spacial score (nSPS) is 12.1. The molecule has 0 amide bonds. The topological polar surface area (TPSA) is 56.3 Å². The van der Waals surface area contributed by atoms with Gasteiger partial charge in [-0.1, -0.05) is 35.9 Å². The number of aromatic nitrogens is 2. The van der Waals surface area contributed by atoms with Crippen LogP contribution in [-0.4, -0.2) is 30.8 Å². The highest BCUT2D eigenvalue weighted by atomic mass is 35.5. The maximum absolute atomic E-state index is 6.20. The van der Waals surface area contributed by atoms with Crippen LogP contribution in [-0.2, 0) is 4.74 Å². The zero-order chi connectivity index (χ0) is 20.2. The minimum atomic E-state index is -0.0968. The van der Waals surface area contributed by atoms with E-state index in [9.17, 15) is 0 Å². The summed E-state index contributed by atoms with van der Waals surface area (Å²) in [7, 11) is 3.35. The summed E-state index contributed by atoms with van der Waals surface area (Å²) in [5.74, 6) is 1.59. The number of methoxy groups -OCH3 is 2. The molecule has 2 aromatic carbocycles. The van der Waals surface area contributed by atoms with Crippen LogP contribution in [0.25, 0.3) is 21.3 Å². The number of hydrogen-bond donors (Lipinski definition) is 1. The molecule has 0 aliphatic heterocycles. The zero-order valence-electron chi connectivity index (χ0n) is 16.1. The number of nitrogens with one attached hydrogen (secondary N) is 1. The van der Waals surface area contributed by atoms with Crippen LogP contribution in [0.4, 0.5) is 5.82 Å². The summed E-state index contributed by atoms with van der Waals surface area (Å²) in [6.07, 6.45) is 1.58. The van der Waals surface area contributed by atoms with Crippen molar-refractivity contribution in [2.24, 2.45) is 0 Å².